The van der Waals surface area contributed by atoms with Crippen molar-refractivity contribution in [3.8, 4) is 5.75 Å². The van der Waals surface area contributed by atoms with E-state index in [9.17, 15) is 9.59 Å². The molecular weight excluding hydrogens is 432 g/mol. The van der Waals surface area contributed by atoms with Gasteiger partial charge in [-0.3, -0.25) is 9.59 Å². The van der Waals surface area contributed by atoms with E-state index in [1.54, 1.807) is 12.1 Å². The summed E-state index contributed by atoms with van der Waals surface area (Å²) in [7, 11) is 0. The first-order valence-corrected chi connectivity index (χ1v) is 11.5. The number of ether oxygens (including phenoxy) is 1. The molecule has 4 aromatic rings. The number of thioether (sulfide) groups is 1. The molecule has 0 saturated heterocycles. The number of carbonyl (C=O) groups excluding carboxylic acids is 1. The lowest BCUT2D eigenvalue weighted by Gasteiger charge is -2.11. The maximum absolute atomic E-state index is 12.3. The van der Waals surface area contributed by atoms with Gasteiger partial charge in [-0.2, -0.15) is 9.61 Å². The highest BCUT2D eigenvalue weighted by molar-refractivity contribution is 7.98. The topological polar surface area (TPSA) is 85.6 Å². The summed E-state index contributed by atoms with van der Waals surface area (Å²) >= 11 is 2.93. The molecule has 0 bridgehead atoms. The van der Waals surface area contributed by atoms with Crippen molar-refractivity contribution in [1.29, 1.82) is 0 Å². The fraction of sp³-hybridized carbons (Fsp3) is 0.182. The quantitative estimate of drug-likeness (QED) is 0.407. The molecule has 0 saturated carbocycles. The Morgan fingerprint density at radius 2 is 1.94 bits per heavy atom. The average molecular weight is 453 g/mol. The first-order valence-electron chi connectivity index (χ1n) is 9.70. The van der Waals surface area contributed by atoms with Crippen molar-refractivity contribution in [3.05, 3.63) is 81.7 Å². The highest BCUT2D eigenvalue weighted by atomic mass is 32.2. The lowest BCUT2D eigenvalue weighted by molar-refractivity contribution is -0.118. The van der Waals surface area contributed by atoms with Gasteiger partial charge in [0, 0.05) is 16.7 Å². The maximum atomic E-state index is 12.3. The van der Waals surface area contributed by atoms with Crippen LogP contribution in [0.3, 0.4) is 0 Å². The summed E-state index contributed by atoms with van der Waals surface area (Å²) < 4.78 is 6.85. The summed E-state index contributed by atoms with van der Waals surface area (Å²) in [6.45, 7) is 1.92. The number of carbonyl (C=O) groups is 1. The molecule has 0 atom stereocenters. The van der Waals surface area contributed by atoms with E-state index in [1.165, 1.54) is 33.7 Å². The molecule has 2 aromatic carbocycles. The van der Waals surface area contributed by atoms with Crippen LogP contribution < -0.4 is 15.6 Å². The van der Waals surface area contributed by atoms with E-state index in [0.29, 0.717) is 27.8 Å². The fourth-order valence-corrected chi connectivity index (χ4v) is 4.57. The third kappa shape index (κ3) is 5.31. The van der Waals surface area contributed by atoms with E-state index in [4.69, 9.17) is 4.74 Å². The molecule has 2 aromatic heterocycles. The third-order valence-electron chi connectivity index (χ3n) is 4.29. The van der Waals surface area contributed by atoms with Crippen LogP contribution in [-0.2, 0) is 17.0 Å². The number of aromatic nitrogens is 3. The van der Waals surface area contributed by atoms with Crippen molar-refractivity contribution in [1.82, 2.24) is 14.6 Å². The number of hydrogen-bond donors (Lipinski definition) is 1. The lowest BCUT2D eigenvalue weighted by Crippen LogP contribution is -2.20. The second-order valence-corrected chi connectivity index (χ2v) is 8.62. The van der Waals surface area contributed by atoms with Crippen LogP contribution in [0.2, 0.25) is 0 Å². The minimum absolute atomic E-state index is 0.0802. The number of hydrogen-bond acceptors (Lipinski definition) is 7. The van der Waals surface area contributed by atoms with Crippen LogP contribution >= 0.6 is 23.1 Å². The number of rotatable bonds is 8. The second kappa shape index (κ2) is 9.76. The molecule has 158 valence electrons. The molecule has 2 heterocycles. The fourth-order valence-electron chi connectivity index (χ4n) is 2.81. The molecule has 1 amide bonds. The van der Waals surface area contributed by atoms with Crippen LogP contribution in [0.15, 0.2) is 70.4 Å². The summed E-state index contributed by atoms with van der Waals surface area (Å²) in [5.41, 5.74) is 1.18. The summed E-state index contributed by atoms with van der Waals surface area (Å²) in [6.07, 6.45) is 0.763. The Kier molecular flexibility index (Phi) is 6.63. The summed E-state index contributed by atoms with van der Waals surface area (Å²) in [6, 6.07) is 18.2. The number of anilines is 1. The van der Waals surface area contributed by atoms with Gasteiger partial charge in [0.15, 0.2) is 6.61 Å². The molecule has 4 rings (SSSR count). The monoisotopic (exact) mass is 452 g/mol. The molecule has 1 N–H and O–H groups in total. The zero-order chi connectivity index (χ0) is 21.6. The van der Waals surface area contributed by atoms with Gasteiger partial charge in [-0.25, -0.2) is 4.98 Å². The van der Waals surface area contributed by atoms with Gasteiger partial charge >= 0.3 is 0 Å². The van der Waals surface area contributed by atoms with Crippen molar-refractivity contribution in [2.45, 2.75) is 24.0 Å². The predicted molar refractivity (Wildman–Crippen MR) is 123 cm³/mol. The van der Waals surface area contributed by atoms with Gasteiger partial charge in [0.25, 0.3) is 11.5 Å². The molecule has 0 aliphatic rings. The molecule has 31 heavy (non-hydrogen) atoms. The highest BCUT2D eigenvalue weighted by Gasteiger charge is 2.11. The molecule has 0 fully saturated rings. The van der Waals surface area contributed by atoms with Crippen molar-refractivity contribution >= 4 is 39.7 Å². The molecule has 0 radical (unpaired) electrons. The minimum atomic E-state index is -0.244. The SMILES string of the molecule is CCc1nn2c(=O)cc(CSc3ccccc3NC(=O)COc3ccccc3)nc2s1. The number of nitrogens with one attached hydrogen (secondary N) is 1. The third-order valence-corrected chi connectivity index (χ3v) is 6.45. The van der Waals surface area contributed by atoms with E-state index in [-0.39, 0.29) is 18.1 Å². The normalized spacial score (nSPS) is 10.9. The Morgan fingerprint density at radius 1 is 1.16 bits per heavy atom. The Labute approximate surface area is 187 Å². The zero-order valence-corrected chi connectivity index (χ0v) is 18.4. The number of fused-ring (bicyclic) bond motifs is 1. The van der Waals surface area contributed by atoms with Crippen LogP contribution in [0, 0.1) is 0 Å². The summed E-state index contributed by atoms with van der Waals surface area (Å²) in [5.74, 6) is 0.896. The molecule has 0 aliphatic heterocycles. The van der Waals surface area contributed by atoms with Crippen LogP contribution in [0.5, 0.6) is 5.75 Å². The molecule has 7 nitrogen and oxygen atoms in total. The van der Waals surface area contributed by atoms with Crippen LogP contribution in [0.1, 0.15) is 17.6 Å². The number of aryl methyl sites for hydroxylation is 1. The lowest BCUT2D eigenvalue weighted by atomic mass is 10.3. The predicted octanol–water partition coefficient (Wildman–Crippen LogP) is 4.02. The van der Waals surface area contributed by atoms with Gasteiger partial charge in [0.05, 0.1) is 11.4 Å². The number of amides is 1. The Hall–Kier alpha value is -3.17. The highest BCUT2D eigenvalue weighted by Crippen LogP contribution is 2.29. The van der Waals surface area contributed by atoms with Crippen molar-refractivity contribution in [3.63, 3.8) is 0 Å². The van der Waals surface area contributed by atoms with E-state index in [0.717, 1.165) is 16.3 Å². The molecule has 0 unspecified atom stereocenters. The number of nitrogens with zero attached hydrogens (tertiary/aromatic N) is 3. The van der Waals surface area contributed by atoms with Crippen LogP contribution in [0.4, 0.5) is 5.69 Å². The molecule has 9 heteroatoms. The van der Waals surface area contributed by atoms with E-state index >= 15 is 0 Å². The maximum Gasteiger partial charge on any atom is 0.275 e. The molecule has 0 aliphatic carbocycles. The van der Waals surface area contributed by atoms with Gasteiger partial charge in [-0.15, -0.1) is 11.8 Å². The van der Waals surface area contributed by atoms with Crippen molar-refractivity contribution < 1.29 is 9.53 Å². The summed E-state index contributed by atoms with van der Waals surface area (Å²) in [5, 5.41) is 8.04. The van der Waals surface area contributed by atoms with E-state index < -0.39 is 0 Å². The van der Waals surface area contributed by atoms with E-state index in [2.05, 4.69) is 15.4 Å². The number of para-hydroxylation sites is 2. The van der Waals surface area contributed by atoms with Gasteiger partial charge < -0.3 is 10.1 Å². The molecule has 0 spiro atoms. The van der Waals surface area contributed by atoms with Crippen molar-refractivity contribution in [2.24, 2.45) is 0 Å². The van der Waals surface area contributed by atoms with E-state index in [1.807, 2.05) is 49.4 Å². The molecular formula is C22H20N4O3S2. The van der Waals surface area contributed by atoms with Gasteiger partial charge in [-0.1, -0.05) is 48.6 Å². The summed E-state index contributed by atoms with van der Waals surface area (Å²) in [4.78, 5) is 30.7. The number of benzene rings is 2. The Bertz CT molecular complexity index is 1250. The van der Waals surface area contributed by atoms with Gasteiger partial charge in [0.1, 0.15) is 10.8 Å². The van der Waals surface area contributed by atoms with Crippen LogP contribution in [-0.4, -0.2) is 27.1 Å². The second-order valence-electron chi connectivity index (χ2n) is 6.56. The minimum Gasteiger partial charge on any atom is -0.484 e. The van der Waals surface area contributed by atoms with Crippen molar-refractivity contribution in [2.75, 3.05) is 11.9 Å². The zero-order valence-electron chi connectivity index (χ0n) is 16.8. The Balaban J connectivity index is 1.42. The van der Waals surface area contributed by atoms with Crippen LogP contribution in [0.25, 0.3) is 4.96 Å². The Morgan fingerprint density at radius 3 is 2.74 bits per heavy atom. The standard InChI is InChI=1S/C22H20N4O3S2/c1-2-20-25-26-21(28)12-15(23-22(26)31-20)14-30-18-11-7-6-10-17(18)24-19(27)13-29-16-8-4-3-5-9-16/h3-12H,2,13-14H2,1H3,(H,24,27). The smallest absolute Gasteiger partial charge is 0.275 e. The first-order chi connectivity index (χ1) is 15.1. The van der Waals surface area contributed by atoms with Gasteiger partial charge in [-0.05, 0) is 30.7 Å². The van der Waals surface area contributed by atoms with Gasteiger partial charge in [0.2, 0.25) is 4.96 Å². The first kappa shape index (κ1) is 21.1. The average Bonchev–Trinajstić information content (AvgIpc) is 3.22. The largest absolute Gasteiger partial charge is 0.484 e.